The van der Waals surface area contributed by atoms with Gasteiger partial charge in [-0.15, -0.1) is 0 Å². The van der Waals surface area contributed by atoms with E-state index in [0.717, 1.165) is 27.3 Å². The molecule has 4 heteroatoms. The Bertz CT molecular complexity index is 1590. The standard InChI is InChI=1S/C30H19Cl2NO/c31-24-13-14-27(29(32)17-24)23(18-33)16-28-26-11-4-2-7-21(26)12-15-30(28)34-19-22-9-5-8-20-6-1-3-10-25(20)22/h1-17H,19H2/b23-16+. The van der Waals surface area contributed by atoms with E-state index in [1.165, 1.54) is 5.39 Å². The van der Waals surface area contributed by atoms with Crippen molar-refractivity contribution < 1.29 is 4.74 Å². The Balaban J connectivity index is 1.60. The first-order chi connectivity index (χ1) is 16.6. The molecule has 0 aliphatic heterocycles. The van der Waals surface area contributed by atoms with Crippen LogP contribution < -0.4 is 4.74 Å². The number of nitrogens with zero attached hydrogens (tertiary/aromatic N) is 1. The van der Waals surface area contributed by atoms with Crippen LogP contribution in [0.25, 0.3) is 33.2 Å². The van der Waals surface area contributed by atoms with E-state index in [9.17, 15) is 5.26 Å². The van der Waals surface area contributed by atoms with Crippen LogP contribution in [0.4, 0.5) is 0 Å². The van der Waals surface area contributed by atoms with Crippen LogP contribution in [-0.2, 0) is 6.61 Å². The highest BCUT2D eigenvalue weighted by molar-refractivity contribution is 6.36. The molecule has 0 radical (unpaired) electrons. The van der Waals surface area contributed by atoms with E-state index in [1.807, 2.05) is 60.7 Å². The highest BCUT2D eigenvalue weighted by Gasteiger charge is 2.13. The number of ether oxygens (including phenoxy) is 1. The number of rotatable bonds is 5. The van der Waals surface area contributed by atoms with Crippen molar-refractivity contribution in [2.24, 2.45) is 0 Å². The summed E-state index contributed by atoms with van der Waals surface area (Å²) in [4.78, 5) is 0. The zero-order chi connectivity index (χ0) is 23.5. The maximum absolute atomic E-state index is 9.97. The summed E-state index contributed by atoms with van der Waals surface area (Å²) in [5.41, 5.74) is 3.00. The monoisotopic (exact) mass is 479 g/mol. The number of nitriles is 1. The number of allylic oxidation sites excluding steroid dienone is 1. The molecule has 0 aromatic heterocycles. The van der Waals surface area contributed by atoms with E-state index in [0.29, 0.717) is 33.5 Å². The Morgan fingerprint density at radius 1 is 0.794 bits per heavy atom. The minimum atomic E-state index is 0.407. The van der Waals surface area contributed by atoms with Crippen LogP contribution in [-0.4, -0.2) is 0 Å². The van der Waals surface area contributed by atoms with E-state index in [4.69, 9.17) is 27.9 Å². The fraction of sp³-hybridized carbons (Fsp3) is 0.0333. The first kappa shape index (κ1) is 22.0. The van der Waals surface area contributed by atoms with Crippen LogP contribution >= 0.6 is 23.2 Å². The lowest BCUT2D eigenvalue weighted by Crippen LogP contribution is -1.99. The number of hydrogen-bond acceptors (Lipinski definition) is 2. The number of fused-ring (bicyclic) bond motifs is 2. The molecule has 0 saturated carbocycles. The van der Waals surface area contributed by atoms with Gasteiger partial charge in [0.1, 0.15) is 12.4 Å². The topological polar surface area (TPSA) is 33.0 Å². The Morgan fingerprint density at radius 3 is 2.26 bits per heavy atom. The molecule has 34 heavy (non-hydrogen) atoms. The predicted octanol–water partition coefficient (Wildman–Crippen LogP) is 8.94. The fourth-order valence-electron chi connectivity index (χ4n) is 4.15. The zero-order valence-corrected chi connectivity index (χ0v) is 19.6. The van der Waals surface area contributed by atoms with Gasteiger partial charge in [-0.1, -0.05) is 102 Å². The molecule has 0 fully saturated rings. The molecular formula is C30H19Cl2NO. The minimum absolute atomic E-state index is 0.407. The van der Waals surface area contributed by atoms with Gasteiger partial charge in [0.15, 0.2) is 0 Å². The minimum Gasteiger partial charge on any atom is -0.488 e. The van der Waals surface area contributed by atoms with Crippen LogP contribution in [0.5, 0.6) is 5.75 Å². The molecule has 0 spiro atoms. The second-order valence-electron chi connectivity index (χ2n) is 7.92. The summed E-state index contributed by atoms with van der Waals surface area (Å²) < 4.78 is 6.36. The van der Waals surface area contributed by atoms with Crippen LogP contribution in [0.2, 0.25) is 10.0 Å². The van der Waals surface area contributed by atoms with Crippen molar-refractivity contribution >= 4 is 56.4 Å². The largest absolute Gasteiger partial charge is 0.488 e. The van der Waals surface area contributed by atoms with E-state index in [-0.39, 0.29) is 0 Å². The van der Waals surface area contributed by atoms with Gasteiger partial charge in [0, 0.05) is 16.1 Å². The number of hydrogen-bond donors (Lipinski definition) is 0. The van der Waals surface area contributed by atoms with Crippen LogP contribution in [0.1, 0.15) is 16.7 Å². The second-order valence-corrected chi connectivity index (χ2v) is 8.76. The average Bonchev–Trinajstić information content (AvgIpc) is 2.87. The van der Waals surface area contributed by atoms with E-state index < -0.39 is 0 Å². The molecule has 0 heterocycles. The number of benzene rings is 5. The molecule has 2 nitrogen and oxygen atoms in total. The molecule has 5 rings (SSSR count). The summed E-state index contributed by atoms with van der Waals surface area (Å²) in [6.07, 6.45) is 1.84. The van der Waals surface area contributed by atoms with Crippen LogP contribution in [0.15, 0.2) is 97.1 Å². The Kier molecular flexibility index (Phi) is 6.23. The molecular weight excluding hydrogens is 461 g/mol. The van der Waals surface area contributed by atoms with Gasteiger partial charge in [0.25, 0.3) is 0 Å². The van der Waals surface area contributed by atoms with Crippen molar-refractivity contribution in [2.45, 2.75) is 6.61 Å². The summed E-state index contributed by atoms with van der Waals surface area (Å²) in [6.45, 7) is 0.407. The lowest BCUT2D eigenvalue weighted by molar-refractivity contribution is 0.307. The third kappa shape index (κ3) is 4.37. The van der Waals surface area contributed by atoms with Gasteiger partial charge >= 0.3 is 0 Å². The van der Waals surface area contributed by atoms with E-state index in [1.54, 1.807) is 18.2 Å². The van der Waals surface area contributed by atoms with Crippen molar-refractivity contribution in [3.63, 3.8) is 0 Å². The molecule has 0 saturated heterocycles. The molecule has 5 aromatic rings. The van der Waals surface area contributed by atoms with Crippen molar-refractivity contribution in [1.82, 2.24) is 0 Å². The van der Waals surface area contributed by atoms with Crippen molar-refractivity contribution in [3.05, 3.63) is 124 Å². The first-order valence-electron chi connectivity index (χ1n) is 10.8. The Labute approximate surface area is 208 Å². The summed E-state index contributed by atoms with van der Waals surface area (Å²) in [5, 5.41) is 15.3. The normalized spacial score (nSPS) is 11.5. The predicted molar refractivity (Wildman–Crippen MR) is 142 cm³/mol. The molecule has 0 bridgehead atoms. The SMILES string of the molecule is N#C/C(=C\c1c(OCc2cccc3ccccc23)ccc2ccccc12)c1ccc(Cl)cc1Cl. The summed E-state index contributed by atoms with van der Waals surface area (Å²) in [7, 11) is 0. The molecule has 0 unspecified atom stereocenters. The maximum atomic E-state index is 9.97. The van der Waals surface area contributed by atoms with E-state index in [2.05, 4.69) is 30.3 Å². The van der Waals surface area contributed by atoms with Gasteiger partial charge < -0.3 is 4.74 Å². The molecule has 0 atom stereocenters. The molecule has 0 aliphatic carbocycles. The van der Waals surface area contributed by atoms with Crippen LogP contribution in [0.3, 0.4) is 0 Å². The van der Waals surface area contributed by atoms with Gasteiger partial charge in [-0.05, 0) is 51.4 Å². The fourth-order valence-corrected chi connectivity index (χ4v) is 4.66. The first-order valence-corrected chi connectivity index (χ1v) is 11.6. The van der Waals surface area contributed by atoms with Gasteiger partial charge in [-0.2, -0.15) is 5.26 Å². The van der Waals surface area contributed by atoms with Gasteiger partial charge in [0.2, 0.25) is 0 Å². The zero-order valence-electron chi connectivity index (χ0n) is 18.1. The third-order valence-electron chi connectivity index (χ3n) is 5.82. The third-order valence-corrected chi connectivity index (χ3v) is 6.37. The molecule has 5 aromatic carbocycles. The molecule has 0 aliphatic rings. The highest BCUT2D eigenvalue weighted by atomic mass is 35.5. The number of halogens is 2. The molecule has 0 N–H and O–H groups in total. The molecule has 0 amide bonds. The van der Waals surface area contributed by atoms with Gasteiger partial charge in [0.05, 0.1) is 16.7 Å². The summed E-state index contributed by atoms with van der Waals surface area (Å²) >= 11 is 12.5. The lowest BCUT2D eigenvalue weighted by Gasteiger charge is -2.14. The van der Waals surface area contributed by atoms with Gasteiger partial charge in [-0.3, -0.25) is 0 Å². The molecule has 164 valence electrons. The highest BCUT2D eigenvalue weighted by Crippen LogP contribution is 2.35. The van der Waals surface area contributed by atoms with Crippen molar-refractivity contribution in [2.75, 3.05) is 0 Å². The van der Waals surface area contributed by atoms with E-state index >= 15 is 0 Å². The smallest absolute Gasteiger partial charge is 0.127 e. The van der Waals surface area contributed by atoms with Crippen molar-refractivity contribution in [3.8, 4) is 11.8 Å². The average molecular weight is 480 g/mol. The Morgan fingerprint density at radius 2 is 1.50 bits per heavy atom. The summed E-state index contributed by atoms with van der Waals surface area (Å²) in [5.74, 6) is 0.699. The lowest BCUT2D eigenvalue weighted by atomic mass is 9.98. The quantitative estimate of drug-likeness (QED) is 0.186. The summed E-state index contributed by atoms with van der Waals surface area (Å²) in [6, 6.07) is 34.0. The Hall–Kier alpha value is -3.77. The van der Waals surface area contributed by atoms with Crippen LogP contribution in [0, 0.1) is 11.3 Å². The maximum Gasteiger partial charge on any atom is 0.127 e. The van der Waals surface area contributed by atoms with Gasteiger partial charge in [-0.25, -0.2) is 0 Å². The van der Waals surface area contributed by atoms with Crippen molar-refractivity contribution in [1.29, 1.82) is 5.26 Å². The second kappa shape index (κ2) is 9.61.